The number of halogens is 1. The molecule has 1 saturated heterocycles. The Bertz CT molecular complexity index is 391. The van der Waals surface area contributed by atoms with Gasteiger partial charge in [0.25, 0.3) is 0 Å². The molecule has 0 radical (unpaired) electrons. The smallest absolute Gasteiger partial charge is 0.233 e. The van der Waals surface area contributed by atoms with Crippen molar-refractivity contribution in [3.63, 3.8) is 0 Å². The van der Waals surface area contributed by atoms with Gasteiger partial charge in [-0.2, -0.15) is 0 Å². The van der Waals surface area contributed by atoms with Gasteiger partial charge in [0.1, 0.15) is 5.37 Å². The lowest BCUT2D eigenvalue weighted by Crippen LogP contribution is -2.31. The molecule has 5 heteroatoms. The molecule has 2 heterocycles. The number of hydrogen-bond donors (Lipinski definition) is 0. The van der Waals surface area contributed by atoms with Crippen LogP contribution < -0.4 is 0 Å². The number of carbonyl (C=O) groups excluding carboxylic acids is 1. The number of amides is 1. The average Bonchev–Trinajstić information content (AvgIpc) is 2.75. The molecule has 16 heavy (non-hydrogen) atoms. The molecule has 0 bridgehead atoms. The van der Waals surface area contributed by atoms with Gasteiger partial charge in [0.05, 0.1) is 10.6 Å². The van der Waals surface area contributed by atoms with E-state index in [-0.39, 0.29) is 11.3 Å². The summed E-state index contributed by atoms with van der Waals surface area (Å²) in [5.41, 5.74) is 0. The van der Waals surface area contributed by atoms with Gasteiger partial charge in [-0.05, 0) is 33.3 Å². The zero-order chi connectivity index (χ0) is 11.7. The summed E-state index contributed by atoms with van der Waals surface area (Å²) in [4.78, 5) is 15.1. The summed E-state index contributed by atoms with van der Waals surface area (Å²) in [6, 6.07) is 2.05. The molecule has 2 rings (SSSR count). The average molecular weight is 320 g/mol. The van der Waals surface area contributed by atoms with Crippen molar-refractivity contribution < 1.29 is 4.79 Å². The summed E-state index contributed by atoms with van der Waals surface area (Å²) in [5.74, 6) is 1.40. The van der Waals surface area contributed by atoms with Crippen LogP contribution in [-0.4, -0.2) is 23.1 Å². The molecule has 1 unspecified atom stereocenters. The van der Waals surface area contributed by atoms with Crippen molar-refractivity contribution in [2.75, 3.05) is 12.3 Å². The summed E-state index contributed by atoms with van der Waals surface area (Å²) in [7, 11) is 0. The Morgan fingerprint density at radius 3 is 2.94 bits per heavy atom. The predicted octanol–water partition coefficient (Wildman–Crippen LogP) is 3.74. The van der Waals surface area contributed by atoms with E-state index in [9.17, 15) is 4.79 Å². The fourth-order valence-corrected chi connectivity index (χ4v) is 4.97. The van der Waals surface area contributed by atoms with E-state index in [1.807, 2.05) is 4.90 Å². The SMILES string of the molecule is CC(C)CN1C(=O)CSC1c1sccc1Br. The lowest BCUT2D eigenvalue weighted by atomic mass is 10.2. The number of thiophene rings is 1. The fraction of sp³-hybridized carbons (Fsp3) is 0.545. The van der Waals surface area contributed by atoms with Gasteiger partial charge in [-0.1, -0.05) is 13.8 Å². The minimum absolute atomic E-state index is 0.212. The number of rotatable bonds is 3. The van der Waals surface area contributed by atoms with Gasteiger partial charge in [-0.25, -0.2) is 0 Å². The van der Waals surface area contributed by atoms with Crippen molar-refractivity contribution in [2.45, 2.75) is 19.2 Å². The topological polar surface area (TPSA) is 20.3 Å². The molecule has 0 N–H and O–H groups in total. The second-order valence-corrected chi connectivity index (χ2v) is 7.11. The quantitative estimate of drug-likeness (QED) is 0.845. The van der Waals surface area contributed by atoms with E-state index < -0.39 is 0 Å². The monoisotopic (exact) mass is 319 g/mol. The first kappa shape index (κ1) is 12.5. The highest BCUT2D eigenvalue weighted by Crippen LogP contribution is 2.44. The summed E-state index contributed by atoms with van der Waals surface area (Å²) < 4.78 is 1.12. The van der Waals surface area contributed by atoms with Gasteiger partial charge in [-0.3, -0.25) is 4.79 Å². The molecule has 1 fully saturated rings. The molecule has 1 aromatic heterocycles. The van der Waals surface area contributed by atoms with E-state index in [2.05, 4.69) is 41.2 Å². The van der Waals surface area contributed by atoms with Crippen LogP contribution in [0.2, 0.25) is 0 Å². The van der Waals surface area contributed by atoms with Crippen LogP contribution in [0.4, 0.5) is 0 Å². The molecule has 1 amide bonds. The van der Waals surface area contributed by atoms with Crippen molar-refractivity contribution in [1.29, 1.82) is 0 Å². The number of nitrogens with zero attached hydrogens (tertiary/aromatic N) is 1. The molecular weight excluding hydrogens is 306 g/mol. The second-order valence-electron chi connectivity index (χ2n) is 4.24. The molecule has 1 aliphatic rings. The summed E-state index contributed by atoms with van der Waals surface area (Å²) >= 11 is 7.00. The second kappa shape index (κ2) is 5.10. The van der Waals surface area contributed by atoms with Gasteiger partial charge < -0.3 is 4.90 Å². The van der Waals surface area contributed by atoms with Gasteiger partial charge in [0.2, 0.25) is 5.91 Å². The molecular formula is C11H14BrNOS2. The Hall–Kier alpha value is -0.000000000000000111. The van der Waals surface area contributed by atoms with Gasteiger partial charge in [-0.15, -0.1) is 23.1 Å². The maximum atomic E-state index is 11.8. The molecule has 0 saturated carbocycles. The van der Waals surface area contributed by atoms with Gasteiger partial charge in [0, 0.05) is 11.0 Å². The molecule has 1 aliphatic heterocycles. The van der Waals surface area contributed by atoms with E-state index >= 15 is 0 Å². The summed E-state index contributed by atoms with van der Waals surface area (Å²) in [5, 5.41) is 2.28. The largest absolute Gasteiger partial charge is 0.325 e. The van der Waals surface area contributed by atoms with Crippen LogP contribution in [0.3, 0.4) is 0 Å². The van der Waals surface area contributed by atoms with Crippen LogP contribution in [0.25, 0.3) is 0 Å². The molecule has 0 aromatic carbocycles. The van der Waals surface area contributed by atoms with E-state index in [4.69, 9.17) is 0 Å². The molecule has 0 spiro atoms. The normalized spacial score (nSPS) is 21.1. The third kappa shape index (κ3) is 2.46. The van der Waals surface area contributed by atoms with Crippen LogP contribution in [0.1, 0.15) is 24.1 Å². The Morgan fingerprint density at radius 1 is 1.62 bits per heavy atom. The van der Waals surface area contributed by atoms with E-state index in [1.54, 1.807) is 23.1 Å². The van der Waals surface area contributed by atoms with E-state index in [0.29, 0.717) is 11.7 Å². The van der Waals surface area contributed by atoms with Crippen molar-refractivity contribution in [3.05, 3.63) is 20.8 Å². The Kier molecular flexibility index (Phi) is 3.97. The van der Waals surface area contributed by atoms with Gasteiger partial charge in [0.15, 0.2) is 0 Å². The van der Waals surface area contributed by atoms with Crippen LogP contribution >= 0.6 is 39.0 Å². The Balaban J connectivity index is 2.21. The third-order valence-electron chi connectivity index (χ3n) is 2.40. The predicted molar refractivity (Wildman–Crippen MR) is 73.8 cm³/mol. The maximum absolute atomic E-state index is 11.8. The van der Waals surface area contributed by atoms with Gasteiger partial charge >= 0.3 is 0 Å². The van der Waals surface area contributed by atoms with E-state index in [0.717, 1.165) is 11.0 Å². The first-order valence-electron chi connectivity index (χ1n) is 5.23. The molecule has 88 valence electrons. The third-order valence-corrected chi connectivity index (χ3v) is 5.69. The van der Waals surface area contributed by atoms with Crippen LogP contribution in [0.5, 0.6) is 0 Å². The van der Waals surface area contributed by atoms with Crippen molar-refractivity contribution >= 4 is 44.9 Å². The van der Waals surface area contributed by atoms with Crippen LogP contribution in [0.15, 0.2) is 15.9 Å². The van der Waals surface area contributed by atoms with Crippen molar-refractivity contribution in [2.24, 2.45) is 5.92 Å². The lowest BCUT2D eigenvalue weighted by molar-refractivity contribution is -0.128. The minimum atomic E-state index is 0.212. The Labute approximate surface area is 113 Å². The number of hydrogen-bond acceptors (Lipinski definition) is 3. The first-order valence-corrected chi connectivity index (χ1v) is 7.95. The van der Waals surface area contributed by atoms with Crippen molar-refractivity contribution in [1.82, 2.24) is 4.90 Å². The molecule has 1 aromatic rings. The Morgan fingerprint density at radius 2 is 2.38 bits per heavy atom. The lowest BCUT2D eigenvalue weighted by Gasteiger charge is -2.25. The van der Waals surface area contributed by atoms with Crippen LogP contribution in [-0.2, 0) is 4.79 Å². The van der Waals surface area contributed by atoms with Crippen LogP contribution in [0, 0.1) is 5.92 Å². The highest BCUT2D eigenvalue weighted by Gasteiger charge is 2.34. The highest BCUT2D eigenvalue weighted by molar-refractivity contribution is 9.10. The molecule has 0 aliphatic carbocycles. The first-order chi connectivity index (χ1) is 7.59. The maximum Gasteiger partial charge on any atom is 0.233 e. The zero-order valence-electron chi connectivity index (χ0n) is 9.27. The summed E-state index contributed by atoms with van der Waals surface area (Å²) in [6.07, 6.45) is 0. The number of carbonyl (C=O) groups is 1. The standard InChI is InChI=1S/C11H14BrNOS2/c1-7(2)5-13-9(14)6-16-11(13)10-8(12)3-4-15-10/h3-4,7,11H,5-6H2,1-2H3. The highest BCUT2D eigenvalue weighted by atomic mass is 79.9. The van der Waals surface area contributed by atoms with Crippen molar-refractivity contribution in [3.8, 4) is 0 Å². The molecule has 1 atom stereocenters. The minimum Gasteiger partial charge on any atom is -0.325 e. The fourth-order valence-electron chi connectivity index (χ4n) is 1.74. The molecule has 2 nitrogen and oxygen atoms in total. The number of thioether (sulfide) groups is 1. The zero-order valence-corrected chi connectivity index (χ0v) is 12.5. The summed E-state index contributed by atoms with van der Waals surface area (Å²) in [6.45, 7) is 5.15. The van der Waals surface area contributed by atoms with E-state index in [1.165, 1.54) is 4.88 Å².